The fourth-order valence-electron chi connectivity index (χ4n) is 3.42. The van der Waals surface area contributed by atoms with Gasteiger partial charge in [0.1, 0.15) is 0 Å². The molecule has 0 bridgehead atoms. The topological polar surface area (TPSA) is 42.2 Å². The first kappa shape index (κ1) is 13.2. The standard InChI is InChI=1S/C17H23N3/c1-2-20(14-6-4-3-5-7-14)17-10-11-19-16-12-13(18)8-9-15(16)17/h8-12,14H,2-7,18H2,1H3. The minimum Gasteiger partial charge on any atom is -0.399 e. The second-order valence-electron chi connectivity index (χ2n) is 5.68. The molecule has 1 heterocycles. The smallest absolute Gasteiger partial charge is 0.0743 e. The van der Waals surface area contributed by atoms with E-state index >= 15 is 0 Å². The fraction of sp³-hybridized carbons (Fsp3) is 0.471. The Balaban J connectivity index is 2.02. The normalized spacial score (nSPS) is 16.4. The number of benzene rings is 1. The average molecular weight is 269 g/mol. The first-order valence-corrected chi connectivity index (χ1v) is 7.70. The number of nitrogens with zero attached hydrogens (tertiary/aromatic N) is 2. The lowest BCUT2D eigenvalue weighted by Crippen LogP contribution is -2.36. The van der Waals surface area contributed by atoms with Crippen molar-refractivity contribution in [2.45, 2.75) is 45.1 Å². The van der Waals surface area contributed by atoms with Crippen LogP contribution >= 0.6 is 0 Å². The van der Waals surface area contributed by atoms with Gasteiger partial charge >= 0.3 is 0 Å². The van der Waals surface area contributed by atoms with E-state index in [9.17, 15) is 0 Å². The number of pyridine rings is 1. The van der Waals surface area contributed by atoms with Crippen LogP contribution < -0.4 is 10.6 Å². The number of anilines is 2. The Morgan fingerprint density at radius 1 is 1.20 bits per heavy atom. The van der Waals surface area contributed by atoms with Gasteiger partial charge in [-0.05, 0) is 44.0 Å². The van der Waals surface area contributed by atoms with E-state index in [-0.39, 0.29) is 0 Å². The Morgan fingerprint density at radius 3 is 2.75 bits per heavy atom. The van der Waals surface area contributed by atoms with E-state index in [1.54, 1.807) is 0 Å². The average Bonchev–Trinajstić information content (AvgIpc) is 2.49. The Kier molecular flexibility index (Phi) is 3.77. The van der Waals surface area contributed by atoms with Crippen LogP contribution in [0.25, 0.3) is 10.9 Å². The van der Waals surface area contributed by atoms with Crippen LogP contribution in [0.5, 0.6) is 0 Å². The van der Waals surface area contributed by atoms with Gasteiger partial charge in [0.2, 0.25) is 0 Å². The molecule has 2 N–H and O–H groups in total. The van der Waals surface area contributed by atoms with Gasteiger partial charge < -0.3 is 10.6 Å². The summed E-state index contributed by atoms with van der Waals surface area (Å²) in [7, 11) is 0. The third-order valence-electron chi connectivity index (χ3n) is 4.41. The molecule has 0 amide bonds. The van der Waals surface area contributed by atoms with Crippen molar-refractivity contribution in [1.29, 1.82) is 0 Å². The summed E-state index contributed by atoms with van der Waals surface area (Å²) in [5, 5.41) is 1.22. The molecule has 1 saturated carbocycles. The zero-order valence-electron chi connectivity index (χ0n) is 12.2. The van der Waals surface area contributed by atoms with E-state index in [4.69, 9.17) is 5.73 Å². The maximum atomic E-state index is 5.87. The highest BCUT2D eigenvalue weighted by atomic mass is 15.2. The van der Waals surface area contributed by atoms with Gasteiger partial charge in [-0.3, -0.25) is 4.98 Å². The van der Waals surface area contributed by atoms with Crippen molar-refractivity contribution in [2.24, 2.45) is 0 Å². The number of nitrogens with two attached hydrogens (primary N) is 1. The number of rotatable bonds is 3. The van der Waals surface area contributed by atoms with Crippen LogP contribution in [-0.4, -0.2) is 17.6 Å². The van der Waals surface area contributed by atoms with Crippen molar-refractivity contribution >= 4 is 22.3 Å². The molecule has 1 fully saturated rings. The van der Waals surface area contributed by atoms with E-state index in [0.29, 0.717) is 6.04 Å². The van der Waals surface area contributed by atoms with Crippen LogP contribution in [0.15, 0.2) is 30.5 Å². The van der Waals surface area contributed by atoms with Crippen molar-refractivity contribution < 1.29 is 0 Å². The van der Waals surface area contributed by atoms with Crippen LogP contribution in [0.1, 0.15) is 39.0 Å². The highest BCUT2D eigenvalue weighted by Gasteiger charge is 2.21. The molecule has 0 spiro atoms. The highest BCUT2D eigenvalue weighted by molar-refractivity contribution is 5.93. The lowest BCUT2D eigenvalue weighted by Gasteiger charge is -2.36. The van der Waals surface area contributed by atoms with Crippen molar-refractivity contribution in [1.82, 2.24) is 4.98 Å². The molecule has 106 valence electrons. The van der Waals surface area contributed by atoms with E-state index in [0.717, 1.165) is 17.7 Å². The first-order chi connectivity index (χ1) is 9.79. The monoisotopic (exact) mass is 269 g/mol. The summed E-state index contributed by atoms with van der Waals surface area (Å²) in [5.74, 6) is 0. The van der Waals surface area contributed by atoms with Crippen LogP contribution in [0.2, 0.25) is 0 Å². The van der Waals surface area contributed by atoms with Gasteiger partial charge in [-0.1, -0.05) is 19.3 Å². The number of nitrogen functional groups attached to an aromatic ring is 1. The molecule has 3 nitrogen and oxygen atoms in total. The molecule has 3 heteroatoms. The van der Waals surface area contributed by atoms with Gasteiger partial charge in [0.05, 0.1) is 5.52 Å². The summed E-state index contributed by atoms with van der Waals surface area (Å²) in [6, 6.07) is 8.88. The lowest BCUT2D eigenvalue weighted by molar-refractivity contribution is 0.418. The van der Waals surface area contributed by atoms with E-state index < -0.39 is 0 Å². The highest BCUT2D eigenvalue weighted by Crippen LogP contribution is 2.32. The zero-order valence-corrected chi connectivity index (χ0v) is 12.2. The molecule has 0 atom stereocenters. The van der Waals surface area contributed by atoms with Crippen LogP contribution in [-0.2, 0) is 0 Å². The van der Waals surface area contributed by atoms with E-state index in [1.165, 1.54) is 43.2 Å². The molecule has 2 aromatic rings. The molecule has 20 heavy (non-hydrogen) atoms. The molecule has 0 saturated heterocycles. The summed E-state index contributed by atoms with van der Waals surface area (Å²) in [5.41, 5.74) is 8.96. The molecule has 0 radical (unpaired) electrons. The van der Waals surface area contributed by atoms with Gasteiger partial charge in [-0.25, -0.2) is 0 Å². The quantitative estimate of drug-likeness (QED) is 0.857. The van der Waals surface area contributed by atoms with Crippen LogP contribution in [0.4, 0.5) is 11.4 Å². The van der Waals surface area contributed by atoms with Crippen molar-refractivity contribution in [3.63, 3.8) is 0 Å². The second kappa shape index (κ2) is 5.70. The van der Waals surface area contributed by atoms with Crippen LogP contribution in [0.3, 0.4) is 0 Å². The summed E-state index contributed by atoms with van der Waals surface area (Å²) in [6.45, 7) is 3.30. The molecule has 1 aromatic heterocycles. The van der Waals surface area contributed by atoms with Gasteiger partial charge in [0.25, 0.3) is 0 Å². The number of aromatic nitrogens is 1. The molecule has 1 aliphatic rings. The molecule has 1 aliphatic carbocycles. The Labute approximate surface area is 120 Å². The predicted octanol–water partition coefficient (Wildman–Crippen LogP) is 3.98. The lowest BCUT2D eigenvalue weighted by atomic mass is 9.93. The van der Waals surface area contributed by atoms with Gasteiger partial charge in [-0.15, -0.1) is 0 Å². The Hall–Kier alpha value is -1.77. The SMILES string of the molecule is CCN(c1ccnc2cc(N)ccc12)C1CCCCC1. The minimum atomic E-state index is 0.678. The van der Waals surface area contributed by atoms with Crippen molar-refractivity contribution in [3.8, 4) is 0 Å². The van der Waals surface area contributed by atoms with Crippen LogP contribution in [0, 0.1) is 0 Å². The predicted molar refractivity (Wildman–Crippen MR) is 86.0 cm³/mol. The summed E-state index contributed by atoms with van der Waals surface area (Å²) >= 11 is 0. The fourth-order valence-corrected chi connectivity index (χ4v) is 3.42. The molecular weight excluding hydrogens is 246 g/mol. The molecular formula is C17H23N3. The second-order valence-corrected chi connectivity index (χ2v) is 5.68. The van der Waals surface area contributed by atoms with E-state index in [2.05, 4.69) is 28.9 Å². The zero-order chi connectivity index (χ0) is 13.9. The van der Waals surface area contributed by atoms with Gasteiger partial charge in [0.15, 0.2) is 0 Å². The maximum Gasteiger partial charge on any atom is 0.0743 e. The molecule has 0 unspecified atom stereocenters. The number of fused-ring (bicyclic) bond motifs is 1. The molecule has 0 aliphatic heterocycles. The summed E-state index contributed by atoms with van der Waals surface area (Å²) < 4.78 is 0. The maximum absolute atomic E-state index is 5.87. The summed E-state index contributed by atoms with van der Waals surface area (Å²) in [6.07, 6.45) is 8.64. The largest absolute Gasteiger partial charge is 0.399 e. The van der Waals surface area contributed by atoms with Crippen molar-refractivity contribution in [2.75, 3.05) is 17.2 Å². The van der Waals surface area contributed by atoms with Gasteiger partial charge in [0, 0.05) is 35.5 Å². The third kappa shape index (κ3) is 2.45. The van der Waals surface area contributed by atoms with Gasteiger partial charge in [-0.2, -0.15) is 0 Å². The summed E-state index contributed by atoms with van der Waals surface area (Å²) in [4.78, 5) is 7.01. The Bertz CT molecular complexity index is 588. The van der Waals surface area contributed by atoms with Crippen molar-refractivity contribution in [3.05, 3.63) is 30.5 Å². The minimum absolute atomic E-state index is 0.678. The molecule has 1 aromatic carbocycles. The Morgan fingerprint density at radius 2 is 2.00 bits per heavy atom. The van der Waals surface area contributed by atoms with E-state index in [1.807, 2.05) is 18.3 Å². The number of hydrogen-bond acceptors (Lipinski definition) is 3. The first-order valence-electron chi connectivity index (χ1n) is 7.70. The third-order valence-corrected chi connectivity index (χ3v) is 4.41. The number of hydrogen-bond donors (Lipinski definition) is 1. The molecule has 3 rings (SSSR count).